The van der Waals surface area contributed by atoms with Crippen molar-refractivity contribution in [3.8, 4) is 11.5 Å². The average Bonchev–Trinajstić information content (AvgIpc) is 2.27. The summed E-state index contributed by atoms with van der Waals surface area (Å²) in [6.45, 7) is 1.30. The maximum Gasteiger partial charge on any atom is 0.210 e. The minimum atomic E-state index is 0.163. The molecule has 4 nitrogen and oxygen atoms in total. The number of aromatic hydroxyl groups is 1. The quantitative estimate of drug-likeness (QED) is 0.733. The summed E-state index contributed by atoms with van der Waals surface area (Å²) in [5.41, 5.74) is 2.13. The smallest absolute Gasteiger partial charge is 0.210 e. The molecule has 1 aromatic carbocycles. The van der Waals surface area contributed by atoms with Gasteiger partial charge in [0.1, 0.15) is 0 Å². The number of hydrogen-bond donors (Lipinski definition) is 1. The second-order valence-corrected chi connectivity index (χ2v) is 3.62. The van der Waals surface area contributed by atoms with Crippen LogP contribution in [0.1, 0.15) is 11.1 Å². The van der Waals surface area contributed by atoms with Crippen molar-refractivity contribution in [1.82, 2.24) is 4.90 Å². The lowest BCUT2D eigenvalue weighted by atomic mass is 9.99. The van der Waals surface area contributed by atoms with Gasteiger partial charge in [0, 0.05) is 13.1 Å². The molecule has 2 rings (SSSR count). The van der Waals surface area contributed by atoms with Crippen molar-refractivity contribution >= 4 is 6.41 Å². The summed E-state index contributed by atoms with van der Waals surface area (Å²) in [5, 5.41) is 9.58. The van der Waals surface area contributed by atoms with Crippen LogP contribution in [0, 0.1) is 0 Å². The van der Waals surface area contributed by atoms with Crippen molar-refractivity contribution in [2.45, 2.75) is 13.0 Å². The van der Waals surface area contributed by atoms with Crippen LogP contribution < -0.4 is 4.74 Å². The molecule has 0 bridgehead atoms. The number of ether oxygens (including phenoxy) is 1. The Morgan fingerprint density at radius 2 is 2.27 bits per heavy atom. The highest BCUT2D eigenvalue weighted by molar-refractivity contribution is 5.52. The second kappa shape index (κ2) is 3.81. The van der Waals surface area contributed by atoms with Crippen LogP contribution in [0.15, 0.2) is 12.1 Å². The van der Waals surface area contributed by atoms with E-state index in [0.29, 0.717) is 18.8 Å². The zero-order valence-electron chi connectivity index (χ0n) is 8.56. The summed E-state index contributed by atoms with van der Waals surface area (Å²) in [6, 6.07) is 3.51. The summed E-state index contributed by atoms with van der Waals surface area (Å²) in [7, 11) is 1.52. The SMILES string of the molecule is COc1cc2c(cc1O)CCN(C=O)C2. The lowest BCUT2D eigenvalue weighted by Crippen LogP contribution is -2.29. The first-order chi connectivity index (χ1) is 7.24. The highest BCUT2D eigenvalue weighted by atomic mass is 16.5. The molecular weight excluding hydrogens is 194 g/mol. The Balaban J connectivity index is 2.37. The number of methoxy groups -OCH3 is 1. The van der Waals surface area contributed by atoms with E-state index in [0.717, 1.165) is 24.0 Å². The molecule has 0 fully saturated rings. The van der Waals surface area contributed by atoms with Crippen molar-refractivity contribution in [2.24, 2.45) is 0 Å². The van der Waals surface area contributed by atoms with E-state index in [9.17, 15) is 9.90 Å². The molecule has 15 heavy (non-hydrogen) atoms. The first kappa shape index (κ1) is 9.83. The molecule has 1 N–H and O–H groups in total. The largest absolute Gasteiger partial charge is 0.504 e. The number of nitrogens with zero attached hydrogens (tertiary/aromatic N) is 1. The third-order valence-electron chi connectivity index (χ3n) is 2.69. The topological polar surface area (TPSA) is 49.8 Å². The molecular formula is C11H13NO3. The van der Waals surface area contributed by atoms with Crippen LogP contribution in [0.3, 0.4) is 0 Å². The van der Waals surface area contributed by atoms with Gasteiger partial charge in [0.05, 0.1) is 7.11 Å². The van der Waals surface area contributed by atoms with Crippen molar-refractivity contribution < 1.29 is 14.6 Å². The van der Waals surface area contributed by atoms with Gasteiger partial charge in [-0.2, -0.15) is 0 Å². The Kier molecular flexibility index (Phi) is 2.49. The molecule has 80 valence electrons. The Bertz CT molecular complexity index is 390. The number of phenols is 1. The Morgan fingerprint density at radius 3 is 2.93 bits per heavy atom. The van der Waals surface area contributed by atoms with Gasteiger partial charge in [0.25, 0.3) is 0 Å². The van der Waals surface area contributed by atoms with Gasteiger partial charge in [-0.3, -0.25) is 4.79 Å². The first-order valence-corrected chi connectivity index (χ1v) is 4.82. The standard InChI is InChI=1S/C11H13NO3/c1-15-11-5-9-6-12(7-13)3-2-8(9)4-10(11)14/h4-5,7,14H,2-3,6H2,1H3. The molecule has 1 amide bonds. The van der Waals surface area contributed by atoms with Gasteiger partial charge in [0.15, 0.2) is 11.5 Å². The highest BCUT2D eigenvalue weighted by Crippen LogP contribution is 2.31. The summed E-state index contributed by atoms with van der Waals surface area (Å²) in [4.78, 5) is 12.3. The van der Waals surface area contributed by atoms with E-state index >= 15 is 0 Å². The normalized spacial score (nSPS) is 14.6. The van der Waals surface area contributed by atoms with E-state index in [1.807, 2.05) is 0 Å². The lowest BCUT2D eigenvalue weighted by molar-refractivity contribution is -0.118. The zero-order valence-corrected chi connectivity index (χ0v) is 8.56. The third-order valence-corrected chi connectivity index (χ3v) is 2.69. The van der Waals surface area contributed by atoms with Crippen LogP contribution in [0.5, 0.6) is 11.5 Å². The van der Waals surface area contributed by atoms with E-state index in [1.54, 1.807) is 17.0 Å². The molecule has 0 spiro atoms. The number of rotatable bonds is 2. The monoisotopic (exact) mass is 207 g/mol. The van der Waals surface area contributed by atoms with Gasteiger partial charge in [-0.1, -0.05) is 0 Å². The van der Waals surface area contributed by atoms with Crippen LogP contribution in [-0.4, -0.2) is 30.1 Å². The molecule has 0 atom stereocenters. The molecule has 1 aliphatic rings. The molecule has 1 aromatic rings. The van der Waals surface area contributed by atoms with Gasteiger partial charge in [-0.15, -0.1) is 0 Å². The van der Waals surface area contributed by atoms with Crippen molar-refractivity contribution in [1.29, 1.82) is 0 Å². The summed E-state index contributed by atoms with van der Waals surface area (Å²) in [5.74, 6) is 0.623. The van der Waals surface area contributed by atoms with E-state index in [2.05, 4.69) is 0 Å². The van der Waals surface area contributed by atoms with Crippen molar-refractivity contribution in [2.75, 3.05) is 13.7 Å². The molecule has 4 heteroatoms. The Morgan fingerprint density at radius 1 is 1.47 bits per heavy atom. The molecule has 1 heterocycles. The predicted molar refractivity (Wildman–Crippen MR) is 54.8 cm³/mol. The van der Waals surface area contributed by atoms with E-state index in [-0.39, 0.29) is 5.75 Å². The number of carbonyl (C=O) groups excluding carboxylic acids is 1. The van der Waals surface area contributed by atoms with E-state index in [4.69, 9.17) is 4.74 Å². The number of amides is 1. The summed E-state index contributed by atoms with van der Waals surface area (Å²) in [6.07, 6.45) is 1.63. The van der Waals surface area contributed by atoms with Gasteiger partial charge >= 0.3 is 0 Å². The van der Waals surface area contributed by atoms with Gasteiger partial charge < -0.3 is 14.7 Å². The number of carbonyl (C=O) groups is 1. The van der Waals surface area contributed by atoms with Gasteiger partial charge in [-0.05, 0) is 29.7 Å². The Labute approximate surface area is 88.1 Å². The molecule has 0 saturated carbocycles. The fourth-order valence-electron chi connectivity index (χ4n) is 1.85. The minimum absolute atomic E-state index is 0.163. The lowest BCUT2D eigenvalue weighted by Gasteiger charge is -2.25. The van der Waals surface area contributed by atoms with Gasteiger partial charge in [-0.25, -0.2) is 0 Å². The molecule has 0 unspecified atom stereocenters. The van der Waals surface area contributed by atoms with Crippen molar-refractivity contribution in [3.63, 3.8) is 0 Å². The zero-order chi connectivity index (χ0) is 10.8. The average molecular weight is 207 g/mol. The molecule has 0 saturated heterocycles. The molecule has 0 radical (unpaired) electrons. The third kappa shape index (κ3) is 1.75. The number of fused-ring (bicyclic) bond motifs is 1. The van der Waals surface area contributed by atoms with E-state index in [1.165, 1.54) is 7.11 Å². The van der Waals surface area contributed by atoms with Crippen molar-refractivity contribution in [3.05, 3.63) is 23.3 Å². The summed E-state index contributed by atoms with van der Waals surface area (Å²) < 4.78 is 5.02. The van der Waals surface area contributed by atoms with Crippen LogP contribution in [0.25, 0.3) is 0 Å². The second-order valence-electron chi connectivity index (χ2n) is 3.62. The number of benzene rings is 1. The van der Waals surface area contributed by atoms with Crippen LogP contribution >= 0.6 is 0 Å². The molecule has 1 aliphatic heterocycles. The number of hydrogen-bond acceptors (Lipinski definition) is 3. The first-order valence-electron chi connectivity index (χ1n) is 4.82. The fraction of sp³-hybridized carbons (Fsp3) is 0.364. The van der Waals surface area contributed by atoms with Crippen LogP contribution in [0.4, 0.5) is 0 Å². The summed E-state index contributed by atoms with van der Waals surface area (Å²) >= 11 is 0. The van der Waals surface area contributed by atoms with Crippen LogP contribution in [-0.2, 0) is 17.8 Å². The molecule has 0 aliphatic carbocycles. The Hall–Kier alpha value is -1.71. The van der Waals surface area contributed by atoms with Crippen LogP contribution in [0.2, 0.25) is 0 Å². The number of phenolic OH excluding ortho intramolecular Hbond substituents is 1. The van der Waals surface area contributed by atoms with Gasteiger partial charge in [0.2, 0.25) is 6.41 Å². The predicted octanol–water partition coefficient (Wildman–Crippen LogP) is 0.915. The molecule has 0 aromatic heterocycles. The maximum absolute atomic E-state index is 10.6. The minimum Gasteiger partial charge on any atom is -0.504 e. The fourth-order valence-corrected chi connectivity index (χ4v) is 1.85. The maximum atomic E-state index is 10.6. The highest BCUT2D eigenvalue weighted by Gasteiger charge is 2.17. The van der Waals surface area contributed by atoms with E-state index < -0.39 is 0 Å².